The molecule has 110 valence electrons. The molecule has 21 heavy (non-hydrogen) atoms. The molecular formula is C14H15N3O3S. The molecule has 2 aliphatic rings. The molecule has 4 rings (SSSR count). The average molecular weight is 305 g/mol. The maximum atomic E-state index is 12.3. The number of hydrogen-bond donors (Lipinski definition) is 0. The van der Waals surface area contributed by atoms with Crippen LogP contribution in [0.5, 0.6) is 0 Å². The zero-order valence-corrected chi connectivity index (χ0v) is 12.4. The van der Waals surface area contributed by atoms with Gasteiger partial charge in [0.05, 0.1) is 11.7 Å². The number of aromatic nitrogens is 2. The Balaban J connectivity index is 1.43. The first-order chi connectivity index (χ1) is 10.2. The van der Waals surface area contributed by atoms with Crippen LogP contribution >= 0.6 is 11.3 Å². The number of carbonyl (C=O) groups is 1. The van der Waals surface area contributed by atoms with E-state index < -0.39 is 0 Å². The highest BCUT2D eigenvalue weighted by Gasteiger charge is 2.45. The van der Waals surface area contributed by atoms with Crippen LogP contribution in [0.1, 0.15) is 34.6 Å². The molecule has 0 radical (unpaired) electrons. The fourth-order valence-electron chi connectivity index (χ4n) is 3.10. The second-order valence-electron chi connectivity index (χ2n) is 5.56. The van der Waals surface area contributed by atoms with Crippen LogP contribution in [0.4, 0.5) is 0 Å². The topological polar surface area (TPSA) is 68.5 Å². The lowest BCUT2D eigenvalue weighted by Crippen LogP contribution is -2.30. The van der Waals surface area contributed by atoms with Crippen molar-refractivity contribution in [3.05, 3.63) is 34.1 Å². The molecule has 0 unspecified atom stereocenters. The van der Waals surface area contributed by atoms with E-state index in [1.807, 2.05) is 21.7 Å². The smallest absolute Gasteiger partial charge is 0.255 e. The van der Waals surface area contributed by atoms with Gasteiger partial charge in [-0.3, -0.25) is 4.79 Å². The third-order valence-corrected chi connectivity index (χ3v) is 4.79. The third kappa shape index (κ3) is 2.26. The molecule has 0 aliphatic carbocycles. The molecule has 0 aromatic carbocycles. The second-order valence-corrected chi connectivity index (χ2v) is 6.34. The van der Waals surface area contributed by atoms with E-state index in [1.54, 1.807) is 18.3 Å². The largest absolute Gasteiger partial charge is 0.363 e. The van der Waals surface area contributed by atoms with Crippen LogP contribution in [0.25, 0.3) is 0 Å². The van der Waals surface area contributed by atoms with Crippen molar-refractivity contribution in [2.24, 2.45) is 5.92 Å². The molecule has 0 saturated carbocycles. The summed E-state index contributed by atoms with van der Waals surface area (Å²) in [5, 5.41) is 7.62. The maximum absolute atomic E-state index is 12.3. The number of aryl methyl sites for hydroxylation is 1. The minimum absolute atomic E-state index is 0.0739. The number of nitrogens with zero attached hydrogens (tertiary/aromatic N) is 3. The van der Waals surface area contributed by atoms with Crippen molar-refractivity contribution in [3.8, 4) is 0 Å². The van der Waals surface area contributed by atoms with Crippen LogP contribution in [0, 0.1) is 12.8 Å². The SMILES string of the molecule is Cc1noc([C@@H]2C[C@H]3CN(C(=O)c4ccsc4)C[C@H]3O2)n1. The van der Waals surface area contributed by atoms with Gasteiger partial charge in [0.1, 0.15) is 6.10 Å². The molecule has 4 heterocycles. The maximum Gasteiger partial charge on any atom is 0.255 e. The summed E-state index contributed by atoms with van der Waals surface area (Å²) in [5.41, 5.74) is 0.768. The Morgan fingerprint density at radius 1 is 1.48 bits per heavy atom. The predicted octanol–water partition coefficient (Wildman–Crippen LogP) is 2.04. The standard InChI is InChI=1S/C14H15N3O3S/c1-8-15-13(20-16-8)11-4-10-5-17(6-12(10)19-11)14(18)9-2-3-21-7-9/h2-3,7,10-12H,4-6H2,1H3/t10-,11-,12+/m0/s1. The Kier molecular flexibility index (Phi) is 3.04. The van der Waals surface area contributed by atoms with Gasteiger partial charge >= 0.3 is 0 Å². The summed E-state index contributed by atoms with van der Waals surface area (Å²) >= 11 is 1.54. The van der Waals surface area contributed by atoms with Crippen molar-refractivity contribution >= 4 is 17.2 Å². The Morgan fingerprint density at radius 3 is 3.05 bits per heavy atom. The van der Waals surface area contributed by atoms with Crippen LogP contribution in [0.15, 0.2) is 21.3 Å². The molecule has 7 heteroatoms. The minimum atomic E-state index is -0.125. The summed E-state index contributed by atoms with van der Waals surface area (Å²) in [6.07, 6.45) is 0.782. The minimum Gasteiger partial charge on any atom is -0.363 e. The van der Waals surface area contributed by atoms with Gasteiger partial charge in [-0.25, -0.2) is 0 Å². The van der Waals surface area contributed by atoms with Gasteiger partial charge in [-0.15, -0.1) is 0 Å². The van der Waals surface area contributed by atoms with E-state index >= 15 is 0 Å². The number of rotatable bonds is 2. The van der Waals surface area contributed by atoms with Crippen LogP contribution in [-0.2, 0) is 4.74 Å². The van der Waals surface area contributed by atoms with Crippen LogP contribution < -0.4 is 0 Å². The van der Waals surface area contributed by atoms with Crippen molar-refractivity contribution < 1.29 is 14.1 Å². The summed E-state index contributed by atoms with van der Waals surface area (Å²) in [6, 6.07) is 1.87. The molecule has 1 amide bonds. The normalized spacial score (nSPS) is 28.0. The van der Waals surface area contributed by atoms with Gasteiger partial charge < -0.3 is 14.2 Å². The lowest BCUT2D eigenvalue weighted by molar-refractivity contribution is 0.0200. The number of likely N-dealkylation sites (tertiary alicyclic amines) is 1. The zero-order chi connectivity index (χ0) is 14.4. The Hall–Kier alpha value is -1.73. The second kappa shape index (κ2) is 4.92. The summed E-state index contributed by atoms with van der Waals surface area (Å²) in [6.45, 7) is 3.18. The van der Waals surface area contributed by atoms with Crippen LogP contribution in [-0.4, -0.2) is 40.1 Å². The van der Waals surface area contributed by atoms with Crippen molar-refractivity contribution in [3.63, 3.8) is 0 Å². The summed E-state index contributed by atoms with van der Waals surface area (Å²) in [4.78, 5) is 18.4. The molecule has 2 aromatic heterocycles. The van der Waals surface area contributed by atoms with Gasteiger partial charge in [0.25, 0.3) is 11.8 Å². The van der Waals surface area contributed by atoms with E-state index in [-0.39, 0.29) is 18.1 Å². The molecule has 2 fully saturated rings. The monoisotopic (exact) mass is 305 g/mol. The fourth-order valence-corrected chi connectivity index (χ4v) is 3.73. The Bertz CT molecular complexity index is 640. The quantitative estimate of drug-likeness (QED) is 0.849. The molecule has 6 nitrogen and oxygen atoms in total. The van der Waals surface area contributed by atoms with Crippen molar-refractivity contribution in [1.29, 1.82) is 0 Å². The van der Waals surface area contributed by atoms with E-state index in [0.29, 0.717) is 24.2 Å². The van der Waals surface area contributed by atoms with E-state index in [2.05, 4.69) is 10.1 Å². The lowest BCUT2D eigenvalue weighted by atomic mass is 10.0. The number of carbonyl (C=O) groups excluding carboxylic acids is 1. The number of fused-ring (bicyclic) bond motifs is 1. The van der Waals surface area contributed by atoms with Gasteiger partial charge in [0.2, 0.25) is 0 Å². The molecule has 0 spiro atoms. The first-order valence-electron chi connectivity index (χ1n) is 6.98. The van der Waals surface area contributed by atoms with Gasteiger partial charge in [-0.1, -0.05) is 5.16 Å². The highest BCUT2D eigenvalue weighted by Crippen LogP contribution is 2.40. The average Bonchev–Trinajstić information content (AvgIpc) is 3.20. The number of amides is 1. The van der Waals surface area contributed by atoms with E-state index in [9.17, 15) is 4.79 Å². The molecular weight excluding hydrogens is 290 g/mol. The summed E-state index contributed by atoms with van der Waals surface area (Å²) in [7, 11) is 0. The van der Waals surface area contributed by atoms with Crippen molar-refractivity contribution in [1.82, 2.24) is 15.0 Å². The molecule has 2 aliphatic heterocycles. The number of thiophene rings is 1. The van der Waals surface area contributed by atoms with Crippen molar-refractivity contribution in [2.45, 2.75) is 25.6 Å². The van der Waals surface area contributed by atoms with E-state index in [4.69, 9.17) is 9.26 Å². The van der Waals surface area contributed by atoms with Gasteiger partial charge in [0.15, 0.2) is 5.82 Å². The molecule has 3 atom stereocenters. The number of ether oxygens (including phenoxy) is 1. The highest BCUT2D eigenvalue weighted by atomic mass is 32.1. The molecule has 2 saturated heterocycles. The van der Waals surface area contributed by atoms with E-state index in [0.717, 1.165) is 18.5 Å². The highest BCUT2D eigenvalue weighted by molar-refractivity contribution is 7.08. The number of hydrogen-bond acceptors (Lipinski definition) is 6. The van der Waals surface area contributed by atoms with E-state index in [1.165, 1.54) is 0 Å². The third-order valence-electron chi connectivity index (χ3n) is 4.11. The lowest BCUT2D eigenvalue weighted by Gasteiger charge is -2.17. The first kappa shape index (κ1) is 13.0. The van der Waals surface area contributed by atoms with Crippen LogP contribution in [0.2, 0.25) is 0 Å². The first-order valence-corrected chi connectivity index (χ1v) is 7.92. The molecule has 0 N–H and O–H groups in total. The summed E-state index contributed by atoms with van der Waals surface area (Å²) < 4.78 is 11.2. The van der Waals surface area contributed by atoms with Gasteiger partial charge in [-0.2, -0.15) is 16.3 Å². The van der Waals surface area contributed by atoms with Gasteiger partial charge in [-0.05, 0) is 24.8 Å². The predicted molar refractivity (Wildman–Crippen MR) is 75.0 cm³/mol. The molecule has 2 aromatic rings. The van der Waals surface area contributed by atoms with Gasteiger partial charge in [0, 0.05) is 24.4 Å². The zero-order valence-electron chi connectivity index (χ0n) is 11.6. The van der Waals surface area contributed by atoms with Crippen LogP contribution in [0.3, 0.4) is 0 Å². The Labute approximate surface area is 125 Å². The fraction of sp³-hybridized carbons (Fsp3) is 0.500. The van der Waals surface area contributed by atoms with Crippen molar-refractivity contribution in [2.75, 3.05) is 13.1 Å². The Morgan fingerprint density at radius 2 is 2.38 bits per heavy atom. The molecule has 0 bridgehead atoms. The summed E-state index contributed by atoms with van der Waals surface area (Å²) in [5.74, 6) is 1.63.